The maximum atomic E-state index is 12.1. The van der Waals surface area contributed by atoms with Gasteiger partial charge in [-0.2, -0.15) is 0 Å². The monoisotopic (exact) mass is 557 g/mol. The molecule has 0 aromatic heterocycles. The second-order valence-corrected chi connectivity index (χ2v) is 10.3. The average Bonchev–Trinajstić information content (AvgIpc) is 2.85. The van der Waals surface area contributed by atoms with E-state index in [-0.39, 0.29) is 6.04 Å². The predicted octanol–water partition coefficient (Wildman–Crippen LogP) is -4.10. The van der Waals surface area contributed by atoms with Crippen LogP contribution in [0.4, 0.5) is 0 Å². The lowest BCUT2D eigenvalue weighted by atomic mass is 10.00. The molecule has 0 saturated carbocycles. The van der Waals surface area contributed by atoms with E-state index in [1.54, 1.807) is 6.92 Å². The largest absolute Gasteiger partial charge is 0.403 e. The molecule has 0 bridgehead atoms. The Morgan fingerprint density at radius 2 is 1.32 bits per heavy atom. The molecular weight excluding hydrogens is 521 g/mol. The average molecular weight is 557 g/mol. The van der Waals surface area contributed by atoms with Gasteiger partial charge < -0.3 is 60.3 Å². The molecule has 0 radical (unpaired) electrons. The summed E-state index contributed by atoms with van der Waals surface area (Å²) in [4.78, 5) is 9.87. The minimum absolute atomic E-state index is 0.367. The van der Waals surface area contributed by atoms with Gasteiger partial charge >= 0.3 is 7.75 Å². The lowest BCUT2D eigenvalue weighted by Gasteiger charge is -2.38. The number of aliphatic hydroxyl groups excluding tert-OH is 9. The lowest BCUT2D eigenvalue weighted by molar-refractivity contribution is -0.286. The van der Waals surface area contributed by atoms with Crippen LogP contribution in [0.3, 0.4) is 0 Å². The highest BCUT2D eigenvalue weighted by molar-refractivity contribution is 7.50. The minimum atomic E-state index is -4.20. The number of hydrogen-bond donors (Lipinski definition) is 11. The smallest absolute Gasteiger partial charge is 0.394 e. The number of ether oxygens (including phenoxy) is 2. The molecule has 2 heterocycles. The van der Waals surface area contributed by atoms with E-state index < -0.39 is 82.4 Å². The van der Waals surface area contributed by atoms with E-state index >= 15 is 0 Å². The summed E-state index contributed by atoms with van der Waals surface area (Å²) < 4.78 is 26.5. The van der Waals surface area contributed by atoms with Crippen LogP contribution in [0.25, 0.3) is 0 Å². The number of nitrogens with one attached hydrogen (secondary N) is 1. The molecule has 12 unspecified atom stereocenters. The highest BCUT2D eigenvalue weighted by Crippen LogP contribution is 2.38. The van der Waals surface area contributed by atoms with Gasteiger partial charge in [-0.1, -0.05) is 30.3 Å². The molecule has 12 atom stereocenters. The first-order valence-corrected chi connectivity index (χ1v) is 13.0. The van der Waals surface area contributed by atoms with Crippen LogP contribution in [0.1, 0.15) is 12.5 Å². The highest BCUT2D eigenvalue weighted by atomic mass is 31.2. The molecule has 37 heavy (non-hydrogen) atoms. The van der Waals surface area contributed by atoms with Gasteiger partial charge in [0.1, 0.15) is 48.8 Å². The van der Waals surface area contributed by atoms with Crippen molar-refractivity contribution in [3.8, 4) is 0 Å². The van der Waals surface area contributed by atoms with E-state index in [9.17, 15) is 29.9 Å². The lowest BCUT2D eigenvalue weighted by Crippen LogP contribution is -2.58. The van der Waals surface area contributed by atoms with Gasteiger partial charge in [0.25, 0.3) is 0 Å². The maximum absolute atomic E-state index is 12.1. The van der Waals surface area contributed by atoms with Gasteiger partial charge in [-0.05, 0) is 18.9 Å². The summed E-state index contributed by atoms with van der Waals surface area (Å²) in [6.07, 6.45) is -14.4. The van der Waals surface area contributed by atoms with Gasteiger partial charge in [0.15, 0.2) is 12.6 Å². The van der Waals surface area contributed by atoms with Crippen LogP contribution in [-0.4, -0.2) is 132 Å². The molecule has 0 spiro atoms. The third-order valence-corrected chi connectivity index (χ3v) is 7.00. The number of hydrogen-bond acceptors (Lipinski definition) is 13. The van der Waals surface area contributed by atoms with Crippen LogP contribution in [0.2, 0.25) is 0 Å². The fraction of sp³-hybridized carbons (Fsp3) is 0.714. The molecule has 1 aromatic rings. The molecule has 0 aliphatic carbocycles. The van der Waals surface area contributed by atoms with Crippen molar-refractivity contribution in [1.29, 1.82) is 0 Å². The standard InChI is InChI=1S/C15H24NO8P.C6H12O6/c1-9(7-10-5-3-2-4-6-10)16-25(21,22)23-8-11-12(17)13(18)14(19)15(20)24-11;7-1-2-3(8)4(9)5(10)6(11)12-2/h2-6,9,11-15,17-20H,7-8H2,1H3,(H2,16,21,22);2-11H,1H2. The summed E-state index contributed by atoms with van der Waals surface area (Å²) in [5, 5.41) is 85.3. The van der Waals surface area contributed by atoms with Gasteiger partial charge in [0.05, 0.1) is 13.2 Å². The van der Waals surface area contributed by atoms with E-state index in [2.05, 4.69) is 9.82 Å². The van der Waals surface area contributed by atoms with E-state index in [1.165, 1.54) is 0 Å². The van der Waals surface area contributed by atoms with Gasteiger partial charge in [0.2, 0.25) is 0 Å². The maximum Gasteiger partial charge on any atom is 0.403 e. The first-order chi connectivity index (χ1) is 17.3. The summed E-state index contributed by atoms with van der Waals surface area (Å²) >= 11 is 0. The molecular formula is C21H36NO14P. The van der Waals surface area contributed by atoms with Crippen molar-refractivity contribution in [2.24, 2.45) is 0 Å². The quantitative estimate of drug-likeness (QED) is 0.136. The zero-order valence-electron chi connectivity index (χ0n) is 19.9. The van der Waals surface area contributed by atoms with Crippen molar-refractivity contribution >= 4 is 7.75 Å². The van der Waals surface area contributed by atoms with Crippen LogP contribution in [0.5, 0.6) is 0 Å². The van der Waals surface area contributed by atoms with Gasteiger partial charge in [0, 0.05) is 6.04 Å². The SMILES string of the molecule is CC(Cc1ccccc1)NP(=O)(O)OCC1OC(O)C(O)C(O)C1O.OCC1OC(O)C(O)C(O)C1O. The summed E-state index contributed by atoms with van der Waals surface area (Å²) in [5.41, 5.74) is 0.980. The molecule has 16 heteroatoms. The van der Waals surface area contributed by atoms with E-state index in [4.69, 9.17) is 34.8 Å². The zero-order chi connectivity index (χ0) is 27.9. The van der Waals surface area contributed by atoms with E-state index in [0.717, 1.165) is 5.56 Å². The Morgan fingerprint density at radius 3 is 1.84 bits per heavy atom. The van der Waals surface area contributed by atoms with E-state index in [0.29, 0.717) is 6.42 Å². The molecule has 2 aliphatic rings. The van der Waals surface area contributed by atoms with E-state index in [1.807, 2.05) is 30.3 Å². The molecule has 3 rings (SSSR count). The van der Waals surface area contributed by atoms with Gasteiger partial charge in [-0.25, -0.2) is 9.65 Å². The molecule has 1 aromatic carbocycles. The van der Waals surface area contributed by atoms with Crippen molar-refractivity contribution < 1.29 is 69.4 Å². The van der Waals surface area contributed by atoms with Crippen molar-refractivity contribution in [1.82, 2.24) is 5.09 Å². The second kappa shape index (κ2) is 14.3. The second-order valence-electron chi connectivity index (χ2n) is 8.79. The number of rotatable bonds is 8. The molecule has 2 aliphatic heterocycles. The van der Waals surface area contributed by atoms with Crippen LogP contribution < -0.4 is 5.09 Å². The van der Waals surface area contributed by atoms with Gasteiger partial charge in [-0.3, -0.25) is 4.52 Å². The third-order valence-electron chi connectivity index (χ3n) is 5.74. The summed E-state index contributed by atoms with van der Waals surface area (Å²) in [6, 6.07) is 9.02. The summed E-state index contributed by atoms with van der Waals surface area (Å²) in [5.74, 6) is 0. The van der Waals surface area contributed by atoms with Crippen LogP contribution in [0.15, 0.2) is 30.3 Å². The molecule has 11 N–H and O–H groups in total. The topological polar surface area (TPSA) is 259 Å². The normalized spacial score (nSPS) is 38.7. The van der Waals surface area contributed by atoms with Crippen LogP contribution in [0, 0.1) is 0 Å². The van der Waals surface area contributed by atoms with Crippen molar-refractivity contribution in [3.63, 3.8) is 0 Å². The predicted molar refractivity (Wildman–Crippen MR) is 123 cm³/mol. The van der Waals surface area contributed by atoms with Crippen molar-refractivity contribution in [3.05, 3.63) is 35.9 Å². The Bertz CT molecular complexity index is 847. The Balaban J connectivity index is 0.000000335. The minimum Gasteiger partial charge on any atom is -0.394 e. The molecule has 15 nitrogen and oxygen atoms in total. The fourth-order valence-corrected chi connectivity index (χ4v) is 4.73. The Labute approximate surface area is 212 Å². The van der Waals surface area contributed by atoms with Crippen LogP contribution in [-0.2, 0) is 25.0 Å². The Hall–Kier alpha value is -1.11. The molecule has 214 valence electrons. The summed E-state index contributed by atoms with van der Waals surface area (Å²) in [6.45, 7) is 0.637. The van der Waals surface area contributed by atoms with Gasteiger partial charge in [-0.15, -0.1) is 0 Å². The summed E-state index contributed by atoms with van der Waals surface area (Å²) in [7, 11) is -4.20. The highest BCUT2D eigenvalue weighted by Gasteiger charge is 2.44. The molecule has 0 amide bonds. The van der Waals surface area contributed by atoms with Crippen LogP contribution >= 0.6 is 7.75 Å². The van der Waals surface area contributed by atoms with Crippen molar-refractivity contribution in [2.45, 2.75) is 80.8 Å². The first kappa shape index (κ1) is 32.1. The Kier molecular flexibility index (Phi) is 12.4. The number of aliphatic hydroxyl groups is 9. The molecule has 2 fully saturated rings. The third kappa shape index (κ3) is 9.25. The Morgan fingerprint density at radius 1 is 0.838 bits per heavy atom. The molecule has 2 saturated heterocycles. The number of benzene rings is 1. The first-order valence-electron chi connectivity index (χ1n) is 11.4. The fourth-order valence-electron chi connectivity index (χ4n) is 3.65. The zero-order valence-corrected chi connectivity index (χ0v) is 20.8. The van der Waals surface area contributed by atoms with Crippen molar-refractivity contribution in [2.75, 3.05) is 13.2 Å².